The molecule has 3 aromatic rings. The summed E-state index contributed by atoms with van der Waals surface area (Å²) in [5.41, 5.74) is 5.66. The third-order valence-electron chi connectivity index (χ3n) is 4.52. The molecule has 0 aliphatic heterocycles. The summed E-state index contributed by atoms with van der Waals surface area (Å²) in [6.07, 6.45) is 2.73. The molecule has 3 rings (SSSR count). The van der Waals surface area contributed by atoms with Crippen molar-refractivity contribution in [2.45, 2.75) is 40.5 Å². The second-order valence-electron chi connectivity index (χ2n) is 6.77. The van der Waals surface area contributed by atoms with Gasteiger partial charge in [0, 0.05) is 24.7 Å². The molecule has 0 saturated heterocycles. The van der Waals surface area contributed by atoms with Crippen LogP contribution >= 0.6 is 0 Å². The van der Waals surface area contributed by atoms with E-state index in [1.165, 1.54) is 0 Å². The predicted molar refractivity (Wildman–Crippen MR) is 103 cm³/mol. The highest BCUT2D eigenvalue weighted by Gasteiger charge is 2.16. The first kappa shape index (κ1) is 18.8. The Morgan fingerprint density at radius 3 is 2.70 bits per heavy atom. The van der Waals surface area contributed by atoms with Crippen LogP contribution < -0.4 is 5.32 Å². The number of hydrogen-bond donors (Lipinski definition) is 1. The van der Waals surface area contributed by atoms with Gasteiger partial charge in [-0.05, 0) is 33.3 Å². The number of carbonyl (C=O) groups excluding carboxylic acids is 1. The van der Waals surface area contributed by atoms with Crippen molar-refractivity contribution in [3.63, 3.8) is 0 Å². The van der Waals surface area contributed by atoms with Crippen LogP contribution in [0.4, 0.5) is 0 Å². The zero-order chi connectivity index (χ0) is 19.4. The summed E-state index contributed by atoms with van der Waals surface area (Å²) in [6.45, 7) is 8.24. The summed E-state index contributed by atoms with van der Waals surface area (Å²) >= 11 is 0. The lowest BCUT2D eigenvalue weighted by Crippen LogP contribution is -2.27. The van der Waals surface area contributed by atoms with E-state index in [-0.39, 0.29) is 5.91 Å². The third kappa shape index (κ3) is 4.58. The van der Waals surface area contributed by atoms with Crippen molar-refractivity contribution in [3.8, 4) is 11.3 Å². The highest BCUT2D eigenvalue weighted by atomic mass is 16.5. The molecule has 1 N–H and O–H groups in total. The van der Waals surface area contributed by atoms with Crippen LogP contribution in [-0.2, 0) is 17.6 Å². The monoisotopic (exact) mass is 364 g/mol. The van der Waals surface area contributed by atoms with Crippen LogP contribution in [0.5, 0.6) is 0 Å². The molecule has 6 nitrogen and oxygen atoms in total. The van der Waals surface area contributed by atoms with Crippen molar-refractivity contribution in [2.24, 2.45) is 0 Å². The standard InChI is InChI=1S/C21H24N4O2/c1-13-6-5-7-17(10-13)11-20(26)22-9-8-19-18(12-23-16(4)24-19)21-14(2)15(3)25-27-21/h5-7,10,12H,8-9,11H2,1-4H3,(H,22,26). The number of aromatic nitrogens is 3. The molecule has 2 aromatic heterocycles. The van der Waals surface area contributed by atoms with Gasteiger partial charge in [-0.2, -0.15) is 0 Å². The Labute approximate surface area is 159 Å². The summed E-state index contributed by atoms with van der Waals surface area (Å²) in [4.78, 5) is 21.1. The van der Waals surface area contributed by atoms with Crippen LogP contribution in [0, 0.1) is 27.7 Å². The Morgan fingerprint density at radius 2 is 2.00 bits per heavy atom. The average Bonchev–Trinajstić information content (AvgIpc) is 2.94. The van der Waals surface area contributed by atoms with Crippen molar-refractivity contribution in [2.75, 3.05) is 6.54 Å². The van der Waals surface area contributed by atoms with Crippen LogP contribution in [0.3, 0.4) is 0 Å². The first-order valence-electron chi connectivity index (χ1n) is 9.02. The Hall–Kier alpha value is -3.02. The average molecular weight is 364 g/mol. The molecule has 0 spiro atoms. The van der Waals surface area contributed by atoms with Crippen molar-refractivity contribution < 1.29 is 9.32 Å². The summed E-state index contributed by atoms with van der Waals surface area (Å²) in [7, 11) is 0. The predicted octanol–water partition coefficient (Wildman–Crippen LogP) is 3.27. The maximum atomic E-state index is 12.2. The number of carbonyl (C=O) groups is 1. The minimum atomic E-state index is -0.000353. The maximum Gasteiger partial charge on any atom is 0.224 e. The van der Waals surface area contributed by atoms with Gasteiger partial charge in [0.2, 0.25) is 5.91 Å². The van der Waals surface area contributed by atoms with Crippen LogP contribution in [0.2, 0.25) is 0 Å². The number of nitrogens with one attached hydrogen (secondary N) is 1. The second kappa shape index (κ2) is 8.12. The van der Waals surface area contributed by atoms with Gasteiger partial charge < -0.3 is 9.84 Å². The number of amides is 1. The van der Waals surface area contributed by atoms with Gasteiger partial charge in [0.05, 0.1) is 23.4 Å². The Bertz CT molecular complexity index is 963. The van der Waals surface area contributed by atoms with E-state index in [4.69, 9.17) is 4.52 Å². The molecule has 0 fully saturated rings. The minimum absolute atomic E-state index is 0.000353. The van der Waals surface area contributed by atoms with Gasteiger partial charge in [0.1, 0.15) is 5.82 Å². The number of hydrogen-bond acceptors (Lipinski definition) is 5. The number of benzene rings is 1. The van der Waals surface area contributed by atoms with Crippen LogP contribution in [0.15, 0.2) is 35.0 Å². The first-order valence-corrected chi connectivity index (χ1v) is 9.02. The molecule has 27 heavy (non-hydrogen) atoms. The number of aryl methyl sites for hydroxylation is 3. The van der Waals surface area contributed by atoms with Crippen LogP contribution in [0.1, 0.15) is 33.9 Å². The van der Waals surface area contributed by atoms with E-state index in [9.17, 15) is 4.79 Å². The highest BCUT2D eigenvalue weighted by molar-refractivity contribution is 5.78. The van der Waals surface area contributed by atoms with Gasteiger partial charge in [0.25, 0.3) is 0 Å². The molecule has 140 valence electrons. The topological polar surface area (TPSA) is 80.9 Å². The molecule has 0 aliphatic carbocycles. The maximum absolute atomic E-state index is 12.2. The van der Waals surface area contributed by atoms with E-state index in [1.807, 2.05) is 52.0 Å². The lowest BCUT2D eigenvalue weighted by Gasteiger charge is -2.09. The molecule has 0 bridgehead atoms. The summed E-state index contributed by atoms with van der Waals surface area (Å²) in [5, 5.41) is 6.99. The summed E-state index contributed by atoms with van der Waals surface area (Å²) < 4.78 is 5.46. The second-order valence-corrected chi connectivity index (χ2v) is 6.77. The van der Waals surface area contributed by atoms with Crippen LogP contribution in [0.25, 0.3) is 11.3 Å². The van der Waals surface area contributed by atoms with E-state index >= 15 is 0 Å². The van der Waals surface area contributed by atoms with E-state index in [0.717, 1.165) is 33.6 Å². The molecule has 0 saturated carbocycles. The zero-order valence-electron chi connectivity index (χ0n) is 16.2. The normalized spacial score (nSPS) is 10.8. The fourth-order valence-corrected chi connectivity index (χ4v) is 2.95. The molecule has 0 unspecified atom stereocenters. The molecule has 2 heterocycles. The molecular formula is C21H24N4O2. The highest BCUT2D eigenvalue weighted by Crippen LogP contribution is 2.27. The largest absolute Gasteiger partial charge is 0.356 e. The van der Waals surface area contributed by atoms with E-state index in [2.05, 4.69) is 20.4 Å². The van der Waals surface area contributed by atoms with Gasteiger partial charge in [-0.3, -0.25) is 4.79 Å². The van der Waals surface area contributed by atoms with Gasteiger partial charge >= 0.3 is 0 Å². The Balaban J connectivity index is 1.66. The number of rotatable bonds is 6. The van der Waals surface area contributed by atoms with Gasteiger partial charge in [-0.1, -0.05) is 35.0 Å². The quantitative estimate of drug-likeness (QED) is 0.726. The lowest BCUT2D eigenvalue weighted by molar-refractivity contribution is -0.120. The van der Waals surface area contributed by atoms with Crippen molar-refractivity contribution in [1.82, 2.24) is 20.4 Å². The molecular weight excluding hydrogens is 340 g/mol. The van der Waals surface area contributed by atoms with E-state index in [1.54, 1.807) is 6.20 Å². The molecule has 0 radical (unpaired) electrons. The molecule has 6 heteroatoms. The summed E-state index contributed by atoms with van der Waals surface area (Å²) in [5.74, 6) is 1.38. The van der Waals surface area contributed by atoms with Gasteiger partial charge in [-0.25, -0.2) is 9.97 Å². The SMILES string of the molecule is Cc1cccc(CC(=O)NCCc2nc(C)ncc2-c2onc(C)c2C)c1. The van der Waals surface area contributed by atoms with Gasteiger partial charge in [-0.15, -0.1) is 0 Å². The molecule has 1 amide bonds. The number of nitrogens with zero attached hydrogens (tertiary/aromatic N) is 3. The first-order chi connectivity index (χ1) is 12.9. The minimum Gasteiger partial charge on any atom is -0.356 e. The lowest BCUT2D eigenvalue weighted by atomic mass is 10.1. The van der Waals surface area contributed by atoms with Gasteiger partial charge in [0.15, 0.2) is 5.76 Å². The zero-order valence-corrected chi connectivity index (χ0v) is 16.2. The molecule has 0 aliphatic rings. The Kier molecular flexibility index (Phi) is 5.64. The fourth-order valence-electron chi connectivity index (χ4n) is 2.95. The summed E-state index contributed by atoms with van der Waals surface area (Å²) in [6, 6.07) is 7.98. The molecule has 0 atom stereocenters. The third-order valence-corrected chi connectivity index (χ3v) is 4.52. The van der Waals surface area contributed by atoms with Crippen LogP contribution in [-0.4, -0.2) is 27.6 Å². The van der Waals surface area contributed by atoms with E-state index in [0.29, 0.717) is 31.0 Å². The van der Waals surface area contributed by atoms with Crippen molar-refractivity contribution >= 4 is 5.91 Å². The smallest absolute Gasteiger partial charge is 0.224 e. The van der Waals surface area contributed by atoms with Crippen molar-refractivity contribution in [1.29, 1.82) is 0 Å². The molecule has 1 aromatic carbocycles. The fraction of sp³-hybridized carbons (Fsp3) is 0.333. The Morgan fingerprint density at radius 1 is 1.19 bits per heavy atom. The van der Waals surface area contributed by atoms with Crippen molar-refractivity contribution in [3.05, 3.63) is 64.4 Å². The van der Waals surface area contributed by atoms with E-state index < -0.39 is 0 Å².